The van der Waals surface area contributed by atoms with Gasteiger partial charge >= 0.3 is 6.09 Å². The molecule has 246 valence electrons. The number of alkyl carbamates (subject to hydrolysis) is 1. The lowest BCUT2D eigenvalue weighted by Gasteiger charge is -2.40. The van der Waals surface area contributed by atoms with Gasteiger partial charge < -0.3 is 20.7 Å². The highest BCUT2D eigenvalue weighted by Gasteiger charge is 2.45. The van der Waals surface area contributed by atoms with Gasteiger partial charge in [0, 0.05) is 41.7 Å². The van der Waals surface area contributed by atoms with Gasteiger partial charge in [-0.15, -0.1) is 0 Å². The average Bonchev–Trinajstić information content (AvgIpc) is 3.88. The molecule has 2 fully saturated rings. The van der Waals surface area contributed by atoms with E-state index in [1.165, 1.54) is 24.4 Å². The van der Waals surface area contributed by atoms with Gasteiger partial charge in [0.1, 0.15) is 17.7 Å². The molecular formula is C32H36ClF2N5O5S. The van der Waals surface area contributed by atoms with Gasteiger partial charge in [-0.3, -0.25) is 9.78 Å². The first kappa shape index (κ1) is 33.7. The van der Waals surface area contributed by atoms with Crippen LogP contribution in [0.15, 0.2) is 60.9 Å². The Kier molecular flexibility index (Phi) is 10.6. The molecule has 2 aromatic carbocycles. The number of hydrogen-bond acceptors (Lipinski definition) is 7. The minimum absolute atomic E-state index is 0.0594. The van der Waals surface area contributed by atoms with Crippen LogP contribution < -0.4 is 16.0 Å². The number of aromatic nitrogens is 1. The molecule has 46 heavy (non-hydrogen) atoms. The van der Waals surface area contributed by atoms with Crippen LogP contribution in [0.1, 0.15) is 48.8 Å². The Morgan fingerprint density at radius 2 is 1.85 bits per heavy atom. The maximum Gasteiger partial charge on any atom is 0.407 e. The third-order valence-corrected chi connectivity index (χ3v) is 11.2. The summed E-state index contributed by atoms with van der Waals surface area (Å²) in [5.74, 6) is -2.88. The SMILES string of the molecule is COC(=O)NC(C(=O)Nc1cncc(F)c1CCC1CNCC(C)N1S(=O)(=O)C1CC1)C(c1ccc(Cl)cc1)c1cccc(F)c1. The number of carbonyl (C=O) groups is 2. The fourth-order valence-electron chi connectivity index (χ4n) is 6.00. The molecule has 1 aromatic heterocycles. The van der Waals surface area contributed by atoms with Crippen LogP contribution in [0.4, 0.5) is 19.3 Å². The number of methoxy groups -OCH3 is 1. The smallest absolute Gasteiger partial charge is 0.407 e. The van der Waals surface area contributed by atoms with Gasteiger partial charge in [0.2, 0.25) is 15.9 Å². The van der Waals surface area contributed by atoms with Crippen molar-refractivity contribution in [1.29, 1.82) is 0 Å². The lowest BCUT2D eigenvalue weighted by molar-refractivity contribution is -0.118. The normalized spacial score (nSPS) is 20.0. The number of halogens is 3. The van der Waals surface area contributed by atoms with Crippen molar-refractivity contribution in [1.82, 2.24) is 19.9 Å². The molecule has 5 rings (SSSR count). The van der Waals surface area contributed by atoms with Crippen LogP contribution in [0.2, 0.25) is 5.02 Å². The highest BCUT2D eigenvalue weighted by molar-refractivity contribution is 7.90. The number of benzene rings is 2. The monoisotopic (exact) mass is 675 g/mol. The molecule has 2 amide bonds. The summed E-state index contributed by atoms with van der Waals surface area (Å²) in [6.07, 6.45) is 3.06. The lowest BCUT2D eigenvalue weighted by atomic mass is 9.84. The van der Waals surface area contributed by atoms with Gasteiger partial charge in [-0.05, 0) is 68.0 Å². The molecule has 1 saturated heterocycles. The van der Waals surface area contributed by atoms with E-state index in [0.29, 0.717) is 42.1 Å². The topological polar surface area (TPSA) is 130 Å². The summed E-state index contributed by atoms with van der Waals surface area (Å²) in [4.78, 5) is 30.5. The second kappa shape index (κ2) is 14.4. The molecule has 10 nitrogen and oxygen atoms in total. The van der Waals surface area contributed by atoms with Crippen LogP contribution in [0, 0.1) is 11.6 Å². The fourth-order valence-corrected chi connectivity index (χ4v) is 8.38. The molecule has 1 aliphatic heterocycles. The zero-order chi connectivity index (χ0) is 33.0. The molecule has 2 heterocycles. The largest absolute Gasteiger partial charge is 0.453 e. The molecule has 2 aliphatic rings. The van der Waals surface area contributed by atoms with Gasteiger partial charge in [0.25, 0.3) is 0 Å². The molecular weight excluding hydrogens is 640 g/mol. The van der Waals surface area contributed by atoms with Crippen LogP contribution in [-0.4, -0.2) is 73.3 Å². The zero-order valence-electron chi connectivity index (χ0n) is 25.4. The predicted molar refractivity (Wildman–Crippen MR) is 170 cm³/mol. The van der Waals surface area contributed by atoms with Gasteiger partial charge in [-0.2, -0.15) is 4.31 Å². The van der Waals surface area contributed by atoms with Crippen molar-refractivity contribution in [2.24, 2.45) is 0 Å². The molecule has 0 bridgehead atoms. The number of carbonyl (C=O) groups excluding carboxylic acids is 2. The van der Waals surface area contributed by atoms with E-state index in [1.807, 2.05) is 6.92 Å². The second-order valence-electron chi connectivity index (χ2n) is 11.6. The van der Waals surface area contributed by atoms with Crippen molar-refractivity contribution in [3.05, 3.63) is 94.3 Å². The quantitative estimate of drug-likeness (QED) is 0.271. The Bertz CT molecular complexity index is 1680. The van der Waals surface area contributed by atoms with E-state index in [2.05, 4.69) is 20.9 Å². The number of nitrogens with one attached hydrogen (secondary N) is 3. The van der Waals surface area contributed by atoms with Crippen molar-refractivity contribution < 1.29 is 31.5 Å². The Morgan fingerprint density at radius 1 is 1.11 bits per heavy atom. The Labute approximate surface area is 271 Å². The summed E-state index contributed by atoms with van der Waals surface area (Å²) in [5.41, 5.74) is 1.12. The number of sulfonamides is 1. The first-order valence-corrected chi connectivity index (χ1v) is 16.9. The number of ether oxygens (including phenoxy) is 1. The van der Waals surface area contributed by atoms with E-state index in [4.69, 9.17) is 16.3 Å². The number of nitrogens with zero attached hydrogens (tertiary/aromatic N) is 2. The molecule has 0 spiro atoms. The number of amides is 2. The van der Waals surface area contributed by atoms with Crippen LogP contribution in [0.25, 0.3) is 0 Å². The van der Waals surface area contributed by atoms with Gasteiger partial charge in [0.05, 0.1) is 30.4 Å². The molecule has 0 radical (unpaired) electrons. The molecule has 3 aromatic rings. The predicted octanol–water partition coefficient (Wildman–Crippen LogP) is 4.60. The highest BCUT2D eigenvalue weighted by Crippen LogP contribution is 2.35. The third kappa shape index (κ3) is 7.65. The molecule has 1 saturated carbocycles. The van der Waals surface area contributed by atoms with Crippen molar-refractivity contribution in [2.45, 2.75) is 61.9 Å². The maximum atomic E-state index is 15.3. The molecule has 3 N–H and O–H groups in total. The molecule has 4 unspecified atom stereocenters. The van der Waals surface area contributed by atoms with Crippen molar-refractivity contribution in [2.75, 3.05) is 25.5 Å². The van der Waals surface area contributed by atoms with E-state index in [0.717, 1.165) is 13.3 Å². The van der Waals surface area contributed by atoms with Gasteiger partial charge in [-0.1, -0.05) is 35.9 Å². The van der Waals surface area contributed by atoms with Crippen molar-refractivity contribution >= 4 is 39.3 Å². The van der Waals surface area contributed by atoms with Gasteiger partial charge in [0.15, 0.2) is 0 Å². The summed E-state index contributed by atoms with van der Waals surface area (Å²) in [6, 6.07) is 10.1. The van der Waals surface area contributed by atoms with E-state index in [9.17, 15) is 22.4 Å². The molecule has 14 heteroatoms. The summed E-state index contributed by atoms with van der Waals surface area (Å²) in [5, 5.41) is 8.59. The number of anilines is 1. The number of hydrogen-bond donors (Lipinski definition) is 3. The lowest BCUT2D eigenvalue weighted by Crippen LogP contribution is -2.59. The van der Waals surface area contributed by atoms with E-state index >= 15 is 4.39 Å². The fraction of sp³-hybridized carbons (Fsp3) is 0.406. The van der Waals surface area contributed by atoms with Crippen LogP contribution >= 0.6 is 11.6 Å². The number of pyridine rings is 1. The van der Waals surface area contributed by atoms with Crippen molar-refractivity contribution in [3.63, 3.8) is 0 Å². The van der Waals surface area contributed by atoms with Crippen molar-refractivity contribution in [3.8, 4) is 0 Å². The average molecular weight is 676 g/mol. The summed E-state index contributed by atoms with van der Waals surface area (Å²) >= 11 is 6.11. The Morgan fingerprint density at radius 3 is 2.52 bits per heavy atom. The first-order valence-electron chi connectivity index (χ1n) is 15.0. The Balaban J connectivity index is 1.45. The molecule has 4 atom stereocenters. The highest BCUT2D eigenvalue weighted by atomic mass is 35.5. The summed E-state index contributed by atoms with van der Waals surface area (Å²) < 4.78 is 62.7. The van der Waals surface area contributed by atoms with E-state index < -0.39 is 51.7 Å². The van der Waals surface area contributed by atoms with Crippen LogP contribution in [0.5, 0.6) is 0 Å². The summed E-state index contributed by atoms with van der Waals surface area (Å²) in [7, 11) is -2.35. The zero-order valence-corrected chi connectivity index (χ0v) is 27.0. The van der Waals surface area contributed by atoms with Gasteiger partial charge in [-0.25, -0.2) is 22.0 Å². The van der Waals surface area contributed by atoms with E-state index in [1.54, 1.807) is 34.6 Å². The van der Waals surface area contributed by atoms with Crippen LogP contribution in [-0.2, 0) is 26.0 Å². The summed E-state index contributed by atoms with van der Waals surface area (Å²) in [6.45, 7) is 2.77. The molecule has 1 aliphatic carbocycles. The number of piperazine rings is 1. The minimum atomic E-state index is -3.49. The number of rotatable bonds is 11. The maximum absolute atomic E-state index is 15.3. The van der Waals surface area contributed by atoms with Crippen LogP contribution in [0.3, 0.4) is 0 Å². The first-order chi connectivity index (χ1) is 22.0. The third-order valence-electron chi connectivity index (χ3n) is 8.36. The van der Waals surface area contributed by atoms with E-state index in [-0.39, 0.29) is 35.4 Å². The second-order valence-corrected chi connectivity index (χ2v) is 14.2. The standard InChI is InChI=1S/C32H36ClF2N5O5S/c1-19-15-36-16-24(40(19)46(43,44)25-11-12-25)10-13-26-27(35)17-37-18-28(26)38-31(41)30(39-32(42)45-2)29(20-6-8-22(33)9-7-20)21-4-3-5-23(34)14-21/h3-9,14,17-19,24-25,29-30,36H,10-13,15-16H2,1-2H3,(H,38,41)(H,39,42). The Hall–Kier alpha value is -3.65. The minimum Gasteiger partial charge on any atom is -0.453 e.